The van der Waals surface area contributed by atoms with E-state index in [1.807, 2.05) is 28.8 Å². The first-order valence-electron chi connectivity index (χ1n) is 9.48. The summed E-state index contributed by atoms with van der Waals surface area (Å²) in [7, 11) is 0. The van der Waals surface area contributed by atoms with Crippen molar-refractivity contribution in [1.82, 2.24) is 9.38 Å². The summed E-state index contributed by atoms with van der Waals surface area (Å²) in [5, 5.41) is 4.25. The van der Waals surface area contributed by atoms with Gasteiger partial charge in [-0.25, -0.2) is 4.98 Å². The minimum atomic E-state index is 0.124. The quantitative estimate of drug-likeness (QED) is 0.428. The van der Waals surface area contributed by atoms with E-state index in [9.17, 15) is 0 Å². The first-order chi connectivity index (χ1) is 13.4. The molecule has 0 unspecified atom stereocenters. The topological polar surface area (TPSA) is 29.3 Å². The molecular formula is C24H24ClN3. The molecule has 0 saturated carbocycles. The molecule has 142 valence electrons. The average molecular weight is 390 g/mol. The molecule has 0 aliphatic carbocycles. The molecule has 3 nitrogen and oxygen atoms in total. The Morgan fingerprint density at radius 1 is 0.929 bits per heavy atom. The molecule has 2 heterocycles. The zero-order valence-electron chi connectivity index (χ0n) is 16.4. The van der Waals surface area contributed by atoms with E-state index in [-0.39, 0.29) is 5.41 Å². The minimum absolute atomic E-state index is 0.124. The maximum Gasteiger partial charge on any atom is 0.139 e. The summed E-state index contributed by atoms with van der Waals surface area (Å²) in [6, 6.07) is 22.8. The summed E-state index contributed by atoms with van der Waals surface area (Å²) < 4.78 is 2.03. The molecule has 0 radical (unpaired) electrons. The van der Waals surface area contributed by atoms with Crippen LogP contribution in [-0.2, 0) is 12.0 Å². The van der Waals surface area contributed by atoms with Gasteiger partial charge in [0.25, 0.3) is 0 Å². The second-order valence-electron chi connectivity index (χ2n) is 8.05. The molecule has 0 amide bonds. The fourth-order valence-electron chi connectivity index (χ4n) is 3.30. The number of aromatic nitrogens is 2. The highest BCUT2D eigenvalue weighted by Crippen LogP contribution is 2.32. The number of nitrogens with zero attached hydrogens (tertiary/aromatic N) is 2. The zero-order valence-corrected chi connectivity index (χ0v) is 17.2. The molecule has 0 fully saturated rings. The maximum absolute atomic E-state index is 6.26. The van der Waals surface area contributed by atoms with Gasteiger partial charge in [-0.2, -0.15) is 0 Å². The Morgan fingerprint density at radius 2 is 1.64 bits per heavy atom. The van der Waals surface area contributed by atoms with E-state index in [0.29, 0.717) is 11.6 Å². The number of pyridine rings is 1. The van der Waals surface area contributed by atoms with Crippen LogP contribution in [0.15, 0.2) is 72.9 Å². The number of halogens is 1. The first kappa shape index (κ1) is 18.6. The largest absolute Gasteiger partial charge is 0.365 e. The van der Waals surface area contributed by atoms with Crippen LogP contribution in [0.1, 0.15) is 31.9 Å². The molecule has 0 saturated heterocycles. The summed E-state index contributed by atoms with van der Waals surface area (Å²) in [5.74, 6) is 0.949. The Labute approximate surface area is 171 Å². The van der Waals surface area contributed by atoms with Crippen molar-refractivity contribution in [1.29, 1.82) is 0 Å². The second kappa shape index (κ2) is 7.33. The molecule has 0 aliphatic heterocycles. The molecule has 28 heavy (non-hydrogen) atoms. The van der Waals surface area contributed by atoms with E-state index in [0.717, 1.165) is 22.7 Å². The smallest absolute Gasteiger partial charge is 0.139 e. The molecule has 2 aromatic heterocycles. The Hall–Kier alpha value is -2.78. The monoisotopic (exact) mass is 389 g/mol. The lowest BCUT2D eigenvalue weighted by Gasteiger charge is -2.19. The van der Waals surface area contributed by atoms with Gasteiger partial charge in [0.05, 0.1) is 5.02 Å². The van der Waals surface area contributed by atoms with Crippen LogP contribution in [-0.4, -0.2) is 9.38 Å². The van der Waals surface area contributed by atoms with Gasteiger partial charge in [-0.1, -0.05) is 87.0 Å². The van der Waals surface area contributed by atoms with Crippen molar-refractivity contribution < 1.29 is 0 Å². The van der Waals surface area contributed by atoms with Crippen LogP contribution in [0, 0.1) is 0 Å². The van der Waals surface area contributed by atoms with Crippen LogP contribution in [0.2, 0.25) is 5.02 Å². The summed E-state index contributed by atoms with van der Waals surface area (Å²) in [6.07, 6.45) is 1.91. The number of hydrogen-bond acceptors (Lipinski definition) is 2. The molecular weight excluding hydrogens is 366 g/mol. The van der Waals surface area contributed by atoms with Gasteiger partial charge in [0, 0.05) is 18.3 Å². The highest BCUT2D eigenvalue weighted by atomic mass is 35.5. The van der Waals surface area contributed by atoms with Gasteiger partial charge in [0.15, 0.2) is 0 Å². The van der Waals surface area contributed by atoms with Gasteiger partial charge >= 0.3 is 0 Å². The summed E-state index contributed by atoms with van der Waals surface area (Å²) >= 11 is 6.26. The van der Waals surface area contributed by atoms with E-state index in [1.54, 1.807) is 0 Å². The van der Waals surface area contributed by atoms with Gasteiger partial charge in [-0.15, -0.1) is 0 Å². The third-order valence-corrected chi connectivity index (χ3v) is 5.13. The van der Waals surface area contributed by atoms with Crippen LogP contribution in [0.25, 0.3) is 16.9 Å². The van der Waals surface area contributed by atoms with Crippen molar-refractivity contribution >= 4 is 23.1 Å². The average Bonchev–Trinajstić information content (AvgIpc) is 3.04. The standard InChI is InChI=1S/C24H24ClN3/c1-24(2,3)19-11-9-18(10-12-19)22-23(26-15-17-7-5-4-6-8-17)28-16-20(25)13-14-21(28)27-22/h4-14,16,26H,15H2,1-3H3. The third-order valence-electron chi connectivity index (χ3n) is 4.91. The number of nitrogens with one attached hydrogen (secondary N) is 1. The minimum Gasteiger partial charge on any atom is -0.365 e. The molecule has 4 rings (SSSR count). The van der Waals surface area contributed by atoms with E-state index in [2.05, 4.69) is 74.6 Å². The Morgan fingerprint density at radius 3 is 2.32 bits per heavy atom. The fraction of sp³-hybridized carbons (Fsp3) is 0.208. The number of rotatable bonds is 4. The van der Waals surface area contributed by atoms with Crippen molar-refractivity contribution in [3.05, 3.63) is 89.1 Å². The van der Waals surface area contributed by atoms with Crippen LogP contribution in [0.3, 0.4) is 0 Å². The van der Waals surface area contributed by atoms with Crippen molar-refractivity contribution in [3.63, 3.8) is 0 Å². The van der Waals surface area contributed by atoms with E-state index in [1.165, 1.54) is 11.1 Å². The van der Waals surface area contributed by atoms with Crippen LogP contribution < -0.4 is 5.32 Å². The number of hydrogen-bond donors (Lipinski definition) is 1. The van der Waals surface area contributed by atoms with E-state index < -0.39 is 0 Å². The SMILES string of the molecule is CC(C)(C)c1ccc(-c2nc3ccc(Cl)cn3c2NCc2ccccc2)cc1. The molecule has 0 aliphatic rings. The second-order valence-corrected chi connectivity index (χ2v) is 8.49. The maximum atomic E-state index is 6.26. The zero-order chi connectivity index (χ0) is 19.7. The molecule has 4 heteroatoms. The first-order valence-corrected chi connectivity index (χ1v) is 9.86. The lowest BCUT2D eigenvalue weighted by Crippen LogP contribution is -2.10. The van der Waals surface area contributed by atoms with Crippen LogP contribution in [0.4, 0.5) is 5.82 Å². The summed E-state index contributed by atoms with van der Waals surface area (Å²) in [4.78, 5) is 4.87. The van der Waals surface area contributed by atoms with Crippen LogP contribution in [0.5, 0.6) is 0 Å². The van der Waals surface area contributed by atoms with Gasteiger partial charge < -0.3 is 5.32 Å². The van der Waals surface area contributed by atoms with Crippen molar-refractivity contribution in [2.45, 2.75) is 32.7 Å². The van der Waals surface area contributed by atoms with Gasteiger partial charge in [-0.05, 0) is 28.7 Å². The lowest BCUT2D eigenvalue weighted by molar-refractivity contribution is 0.590. The van der Waals surface area contributed by atoms with Gasteiger partial charge in [0.2, 0.25) is 0 Å². The molecule has 0 spiro atoms. The Bertz CT molecular complexity index is 1090. The molecule has 1 N–H and O–H groups in total. The number of fused-ring (bicyclic) bond motifs is 1. The van der Waals surface area contributed by atoms with Crippen molar-refractivity contribution in [2.24, 2.45) is 0 Å². The van der Waals surface area contributed by atoms with E-state index in [4.69, 9.17) is 16.6 Å². The molecule has 4 aromatic rings. The number of benzene rings is 2. The summed E-state index contributed by atoms with van der Waals surface area (Å²) in [6.45, 7) is 7.39. The van der Waals surface area contributed by atoms with E-state index >= 15 is 0 Å². The molecule has 0 atom stereocenters. The van der Waals surface area contributed by atoms with Gasteiger partial charge in [0.1, 0.15) is 17.2 Å². The van der Waals surface area contributed by atoms with Crippen molar-refractivity contribution in [2.75, 3.05) is 5.32 Å². The fourth-order valence-corrected chi connectivity index (χ4v) is 3.46. The summed E-state index contributed by atoms with van der Waals surface area (Å²) in [5.41, 5.74) is 5.53. The highest BCUT2D eigenvalue weighted by molar-refractivity contribution is 6.30. The normalized spacial score (nSPS) is 11.7. The predicted molar refractivity (Wildman–Crippen MR) is 118 cm³/mol. The van der Waals surface area contributed by atoms with Gasteiger partial charge in [-0.3, -0.25) is 4.40 Å². The number of anilines is 1. The predicted octanol–water partition coefficient (Wildman–Crippen LogP) is 6.56. The lowest BCUT2D eigenvalue weighted by atomic mass is 9.86. The highest BCUT2D eigenvalue weighted by Gasteiger charge is 2.17. The van der Waals surface area contributed by atoms with Crippen LogP contribution >= 0.6 is 11.6 Å². The molecule has 2 aromatic carbocycles. The number of imidazole rings is 1. The van der Waals surface area contributed by atoms with Crippen molar-refractivity contribution in [3.8, 4) is 11.3 Å². The Balaban J connectivity index is 1.76. The third kappa shape index (κ3) is 3.76. The Kier molecular flexibility index (Phi) is 4.86. The molecule has 0 bridgehead atoms.